The molecule has 2 atom stereocenters. The fraction of sp³-hybridized carbons (Fsp3) is 0.136. The van der Waals surface area contributed by atoms with Crippen molar-refractivity contribution in [1.29, 1.82) is 0 Å². The lowest BCUT2D eigenvalue weighted by Crippen LogP contribution is -2.49. The van der Waals surface area contributed by atoms with Gasteiger partial charge in [0.25, 0.3) is 5.91 Å². The summed E-state index contributed by atoms with van der Waals surface area (Å²) in [7, 11) is 0. The molecule has 4 N–H and O–H groups in total. The highest BCUT2D eigenvalue weighted by atomic mass is 32.1. The summed E-state index contributed by atoms with van der Waals surface area (Å²) in [6, 6.07) is 11.8. The number of rotatable bonds is 7. The Labute approximate surface area is 191 Å². The van der Waals surface area contributed by atoms with Crippen molar-refractivity contribution in [1.82, 2.24) is 15.2 Å². The molecule has 33 heavy (non-hydrogen) atoms. The van der Waals surface area contributed by atoms with Crippen LogP contribution in [0.4, 0.5) is 9.93 Å². The van der Waals surface area contributed by atoms with Crippen LogP contribution in [0.1, 0.15) is 27.7 Å². The number of hydrogen-bond acceptors (Lipinski definition) is 7. The van der Waals surface area contributed by atoms with Crippen LogP contribution < -0.4 is 10.6 Å². The average Bonchev–Trinajstić information content (AvgIpc) is 3.37. The summed E-state index contributed by atoms with van der Waals surface area (Å²) in [5, 5.41) is 25.2. The second-order valence-corrected chi connectivity index (χ2v) is 8.08. The van der Waals surface area contributed by atoms with E-state index in [1.807, 2.05) is 0 Å². The number of nitrogens with zero attached hydrogens (tertiary/aromatic N) is 2. The number of aromatic carboxylic acids is 1. The maximum Gasteiger partial charge on any atom is 0.355 e. The Balaban J connectivity index is 1.63. The van der Waals surface area contributed by atoms with E-state index in [1.54, 1.807) is 42.5 Å². The number of hydrogen-bond donors (Lipinski definition) is 4. The second-order valence-electron chi connectivity index (χ2n) is 7.22. The number of amides is 4. The fourth-order valence-corrected chi connectivity index (χ4v) is 4.16. The highest BCUT2D eigenvalue weighted by Gasteiger charge is 2.45. The van der Waals surface area contributed by atoms with E-state index in [-0.39, 0.29) is 23.0 Å². The Morgan fingerprint density at radius 1 is 1.15 bits per heavy atom. The monoisotopic (exact) mass is 466 g/mol. The number of phenols is 1. The third-order valence-corrected chi connectivity index (χ3v) is 5.77. The van der Waals surface area contributed by atoms with Gasteiger partial charge >= 0.3 is 12.0 Å². The maximum absolute atomic E-state index is 13.2. The van der Waals surface area contributed by atoms with E-state index in [2.05, 4.69) is 15.6 Å². The van der Waals surface area contributed by atoms with Gasteiger partial charge in [0.2, 0.25) is 5.91 Å². The van der Waals surface area contributed by atoms with Crippen molar-refractivity contribution < 1.29 is 29.4 Å². The van der Waals surface area contributed by atoms with Crippen LogP contribution in [-0.2, 0) is 16.0 Å². The zero-order valence-corrected chi connectivity index (χ0v) is 17.8. The molecule has 4 rings (SSSR count). The number of anilines is 1. The molecule has 1 saturated heterocycles. The SMILES string of the molecule is O=C(O)c1csc(NC(=O)[C@H](Cc2ccccc2)N2C(=O)NC(c3cccc(O)c3)C2=O)n1. The summed E-state index contributed by atoms with van der Waals surface area (Å²) in [4.78, 5) is 54.9. The molecule has 0 aliphatic carbocycles. The van der Waals surface area contributed by atoms with Crippen LogP contribution in [-0.4, -0.2) is 50.0 Å². The maximum atomic E-state index is 13.2. The lowest BCUT2D eigenvalue weighted by atomic mass is 10.0. The lowest BCUT2D eigenvalue weighted by molar-refractivity contribution is -0.134. The molecule has 11 heteroatoms. The van der Waals surface area contributed by atoms with Crippen LogP contribution >= 0.6 is 11.3 Å². The van der Waals surface area contributed by atoms with Gasteiger partial charge in [-0.1, -0.05) is 42.5 Å². The molecule has 0 radical (unpaired) electrons. The zero-order chi connectivity index (χ0) is 23.5. The summed E-state index contributed by atoms with van der Waals surface area (Å²) in [5.41, 5.74) is 0.860. The number of thiazole rings is 1. The van der Waals surface area contributed by atoms with Gasteiger partial charge in [0.05, 0.1) is 0 Å². The van der Waals surface area contributed by atoms with E-state index < -0.39 is 35.9 Å². The van der Waals surface area contributed by atoms with E-state index in [0.29, 0.717) is 11.1 Å². The third kappa shape index (κ3) is 4.67. The first-order valence-corrected chi connectivity index (χ1v) is 10.7. The number of benzene rings is 2. The molecule has 1 aliphatic rings. The van der Waals surface area contributed by atoms with Crippen molar-refractivity contribution in [3.05, 3.63) is 76.8 Å². The molecule has 4 amide bonds. The summed E-state index contributed by atoms with van der Waals surface area (Å²) >= 11 is 0.917. The number of carbonyl (C=O) groups excluding carboxylic acids is 3. The van der Waals surface area contributed by atoms with E-state index >= 15 is 0 Å². The topological polar surface area (TPSA) is 149 Å². The van der Waals surface area contributed by atoms with Gasteiger partial charge in [-0.15, -0.1) is 11.3 Å². The van der Waals surface area contributed by atoms with E-state index in [4.69, 9.17) is 5.11 Å². The molecule has 2 aromatic carbocycles. The minimum atomic E-state index is -1.24. The molecule has 1 fully saturated rings. The normalized spacial score (nSPS) is 16.4. The van der Waals surface area contributed by atoms with Crippen molar-refractivity contribution >= 4 is 40.3 Å². The van der Waals surface area contributed by atoms with Crippen LogP contribution in [0.3, 0.4) is 0 Å². The van der Waals surface area contributed by atoms with E-state index in [1.165, 1.54) is 17.5 Å². The summed E-state index contributed by atoms with van der Waals surface area (Å²) in [5.74, 6) is -2.64. The standard InChI is InChI=1S/C22H18N4O6S/c27-14-8-4-7-13(10-14)17-19(29)26(22(32)24-17)16(9-12-5-2-1-3-6-12)18(28)25-21-23-15(11-33-21)20(30)31/h1-8,10-11,16-17,27H,9H2,(H,24,32)(H,30,31)(H,23,25,28)/t16-,17?/m0/s1. The summed E-state index contributed by atoms with van der Waals surface area (Å²) in [6.07, 6.45) is 0.0375. The van der Waals surface area contributed by atoms with Crippen LogP contribution in [0.25, 0.3) is 0 Å². The van der Waals surface area contributed by atoms with Gasteiger partial charge in [-0.25, -0.2) is 19.5 Å². The van der Waals surface area contributed by atoms with Gasteiger partial charge in [0.15, 0.2) is 10.8 Å². The molecular weight excluding hydrogens is 448 g/mol. The van der Waals surface area contributed by atoms with E-state index in [0.717, 1.165) is 16.2 Å². The van der Waals surface area contributed by atoms with Crippen LogP contribution in [0.15, 0.2) is 60.0 Å². The van der Waals surface area contributed by atoms with Crippen molar-refractivity contribution in [2.45, 2.75) is 18.5 Å². The number of urea groups is 1. The van der Waals surface area contributed by atoms with Crippen molar-refractivity contribution in [3.8, 4) is 5.75 Å². The molecule has 2 heterocycles. The number of imide groups is 1. The van der Waals surface area contributed by atoms with Crippen LogP contribution in [0.2, 0.25) is 0 Å². The molecule has 3 aromatic rings. The first-order valence-electron chi connectivity index (χ1n) is 9.79. The number of nitrogens with one attached hydrogen (secondary N) is 2. The van der Waals surface area contributed by atoms with Gasteiger partial charge in [0.1, 0.15) is 17.8 Å². The lowest BCUT2D eigenvalue weighted by Gasteiger charge is -2.24. The van der Waals surface area contributed by atoms with Gasteiger partial charge in [-0.2, -0.15) is 0 Å². The molecule has 0 bridgehead atoms. The Kier molecular flexibility index (Phi) is 6.05. The molecule has 0 saturated carbocycles. The van der Waals surface area contributed by atoms with Gasteiger partial charge in [-0.3, -0.25) is 9.59 Å². The van der Waals surface area contributed by atoms with Gasteiger partial charge < -0.3 is 20.8 Å². The molecule has 10 nitrogen and oxygen atoms in total. The number of aromatic nitrogens is 1. The summed E-state index contributed by atoms with van der Waals surface area (Å²) in [6.45, 7) is 0. The average molecular weight is 466 g/mol. The number of phenolic OH excluding ortho intramolecular Hbond substituents is 1. The predicted octanol–water partition coefficient (Wildman–Crippen LogP) is 2.39. The Morgan fingerprint density at radius 3 is 2.58 bits per heavy atom. The first-order chi connectivity index (χ1) is 15.8. The van der Waals surface area contributed by atoms with Crippen LogP contribution in [0.5, 0.6) is 5.75 Å². The van der Waals surface area contributed by atoms with Crippen molar-refractivity contribution in [3.63, 3.8) is 0 Å². The Hall–Kier alpha value is -4.25. The molecule has 0 spiro atoms. The quantitative estimate of drug-likeness (QED) is 0.391. The number of carbonyl (C=O) groups is 4. The molecule has 1 aliphatic heterocycles. The van der Waals surface area contributed by atoms with E-state index in [9.17, 15) is 24.3 Å². The fourth-order valence-electron chi connectivity index (χ4n) is 3.48. The minimum Gasteiger partial charge on any atom is -0.508 e. The zero-order valence-electron chi connectivity index (χ0n) is 17.0. The van der Waals surface area contributed by atoms with Crippen molar-refractivity contribution in [2.24, 2.45) is 0 Å². The van der Waals surface area contributed by atoms with Gasteiger partial charge in [0, 0.05) is 11.8 Å². The highest BCUT2D eigenvalue weighted by Crippen LogP contribution is 2.27. The largest absolute Gasteiger partial charge is 0.508 e. The third-order valence-electron chi connectivity index (χ3n) is 5.01. The molecular formula is C22H18N4O6S. The smallest absolute Gasteiger partial charge is 0.355 e. The second kappa shape index (κ2) is 9.09. The predicted molar refractivity (Wildman–Crippen MR) is 118 cm³/mol. The molecule has 1 aromatic heterocycles. The summed E-state index contributed by atoms with van der Waals surface area (Å²) < 4.78 is 0. The van der Waals surface area contributed by atoms with Crippen molar-refractivity contribution in [2.75, 3.05) is 5.32 Å². The Morgan fingerprint density at radius 2 is 1.91 bits per heavy atom. The molecule has 1 unspecified atom stereocenters. The first kappa shape index (κ1) is 22.0. The number of aromatic hydroxyl groups is 1. The molecule has 168 valence electrons. The Bertz CT molecular complexity index is 1230. The highest BCUT2D eigenvalue weighted by molar-refractivity contribution is 7.14. The minimum absolute atomic E-state index is 0.0343. The van der Waals surface area contributed by atoms with Crippen LogP contribution in [0, 0.1) is 0 Å². The van der Waals surface area contributed by atoms with Gasteiger partial charge in [-0.05, 0) is 23.3 Å². The number of carboxylic acids is 1. The number of carboxylic acid groups (broad SMARTS) is 1.